The molecule has 0 spiro atoms. The van der Waals surface area contributed by atoms with E-state index in [1.165, 1.54) is 7.05 Å². The molecule has 0 unspecified atom stereocenters. The molecule has 0 atom stereocenters. The Bertz CT molecular complexity index is 149. The number of amides is 2. The fraction of sp³-hybridized carbons (Fsp3) is 0.833. The van der Waals surface area contributed by atoms with Gasteiger partial charge in [0.05, 0.1) is 10.8 Å². The molecule has 0 aromatic rings. The van der Waals surface area contributed by atoms with E-state index >= 15 is 0 Å². The Kier molecular flexibility index (Phi) is 4.96. The number of halogens is 2. The Hall–Kier alpha value is -0.520. The Morgan fingerprint density at radius 2 is 2.08 bits per heavy atom. The first-order valence-corrected chi connectivity index (χ1v) is 5.57. The van der Waals surface area contributed by atoms with Crippen LogP contribution < -0.4 is 10.6 Å². The number of urea groups is 1. The van der Waals surface area contributed by atoms with E-state index in [1.807, 2.05) is 0 Å². The molecule has 0 rings (SSSR count). The summed E-state index contributed by atoms with van der Waals surface area (Å²) in [5, 5.41) is 4.77. The number of rotatable bonds is 4. The average molecular weight is 200 g/mol. The van der Waals surface area contributed by atoms with Gasteiger partial charge in [-0.15, -0.1) is 0 Å². The molecule has 6 heteroatoms. The lowest BCUT2D eigenvalue weighted by Gasteiger charge is -2.13. The summed E-state index contributed by atoms with van der Waals surface area (Å²) in [5.41, 5.74) is 0. The summed E-state index contributed by atoms with van der Waals surface area (Å²) >= 11 is 0. The molecule has 2 N–H and O–H groups in total. The third-order valence-electron chi connectivity index (χ3n) is 1.19. The van der Waals surface area contributed by atoms with E-state index in [-0.39, 0.29) is 11.8 Å². The van der Waals surface area contributed by atoms with Crippen LogP contribution in [0.4, 0.5) is 12.6 Å². The Balaban J connectivity index is 3.28. The zero-order valence-corrected chi connectivity index (χ0v) is 8.01. The van der Waals surface area contributed by atoms with Gasteiger partial charge in [0.15, 0.2) is 0 Å². The smallest absolute Gasteiger partial charge is 0.314 e. The van der Waals surface area contributed by atoms with Crippen molar-refractivity contribution in [2.24, 2.45) is 0 Å². The van der Waals surface area contributed by atoms with E-state index in [4.69, 9.17) is 0 Å². The topological polar surface area (TPSA) is 41.1 Å². The number of carbonyl (C=O) groups excluding carboxylic acids is 1. The van der Waals surface area contributed by atoms with Crippen LogP contribution in [0.3, 0.4) is 0 Å². The fourth-order valence-corrected chi connectivity index (χ4v) is 1.27. The average Bonchev–Trinajstić information content (AvgIpc) is 1.96. The third kappa shape index (κ3) is 7.59. The molecule has 12 heavy (non-hydrogen) atoms. The molecule has 0 fully saturated rings. The zero-order valence-electron chi connectivity index (χ0n) is 7.19. The second kappa shape index (κ2) is 5.18. The van der Waals surface area contributed by atoms with Gasteiger partial charge >= 0.3 is 6.03 Å². The number of hydrogen-bond acceptors (Lipinski definition) is 1. The van der Waals surface area contributed by atoms with Crippen LogP contribution >= 0.6 is 10.8 Å². The van der Waals surface area contributed by atoms with Gasteiger partial charge < -0.3 is 10.6 Å². The SMILES string of the molecule is CNC(=O)NCCCS(C)(F)F. The molecule has 0 saturated heterocycles. The summed E-state index contributed by atoms with van der Waals surface area (Å²) in [7, 11) is -1.92. The van der Waals surface area contributed by atoms with Crippen LogP contribution in [0.25, 0.3) is 0 Å². The minimum Gasteiger partial charge on any atom is -0.341 e. The molecule has 0 heterocycles. The Morgan fingerprint density at radius 3 is 2.50 bits per heavy atom. The molecule has 0 saturated carbocycles. The summed E-state index contributed by atoms with van der Waals surface area (Å²) < 4.78 is 24.6. The molecule has 0 aliphatic carbocycles. The second-order valence-electron chi connectivity index (χ2n) is 2.44. The third-order valence-corrected chi connectivity index (χ3v) is 2.20. The van der Waals surface area contributed by atoms with Crippen LogP contribution in [-0.2, 0) is 0 Å². The van der Waals surface area contributed by atoms with Crippen molar-refractivity contribution in [3.05, 3.63) is 0 Å². The summed E-state index contributed by atoms with van der Waals surface area (Å²) in [6.45, 7) is 0.302. The van der Waals surface area contributed by atoms with Crippen molar-refractivity contribution in [1.29, 1.82) is 0 Å². The molecule has 0 aromatic carbocycles. The highest BCUT2D eigenvalue weighted by molar-refractivity contribution is 8.24. The lowest BCUT2D eigenvalue weighted by molar-refractivity contribution is 0.243. The quantitative estimate of drug-likeness (QED) is 0.663. The van der Waals surface area contributed by atoms with Crippen LogP contribution in [0.15, 0.2) is 0 Å². The van der Waals surface area contributed by atoms with E-state index in [0.29, 0.717) is 13.0 Å². The lowest BCUT2D eigenvalue weighted by atomic mass is 10.5. The van der Waals surface area contributed by atoms with E-state index in [9.17, 15) is 12.6 Å². The summed E-state index contributed by atoms with van der Waals surface area (Å²) in [5.74, 6) is -0.114. The van der Waals surface area contributed by atoms with Crippen molar-refractivity contribution in [1.82, 2.24) is 10.6 Å². The molecule has 2 amide bonds. The molecule has 0 aliphatic rings. The van der Waals surface area contributed by atoms with Crippen molar-refractivity contribution in [3.63, 3.8) is 0 Å². The van der Waals surface area contributed by atoms with Crippen molar-refractivity contribution in [2.45, 2.75) is 6.42 Å². The van der Waals surface area contributed by atoms with Crippen LogP contribution in [0.2, 0.25) is 0 Å². The maximum absolute atomic E-state index is 12.3. The first kappa shape index (κ1) is 11.5. The van der Waals surface area contributed by atoms with Gasteiger partial charge in [-0.2, -0.15) is 7.77 Å². The maximum atomic E-state index is 12.3. The largest absolute Gasteiger partial charge is 0.341 e. The minimum absolute atomic E-state index is 0.114. The van der Waals surface area contributed by atoms with Crippen LogP contribution in [0.1, 0.15) is 6.42 Å². The molecule has 0 aromatic heterocycles. The summed E-state index contributed by atoms with van der Waals surface area (Å²) in [6, 6.07) is -0.329. The zero-order chi connectivity index (χ0) is 9.61. The van der Waals surface area contributed by atoms with E-state index < -0.39 is 10.8 Å². The molecule has 0 radical (unpaired) electrons. The van der Waals surface area contributed by atoms with Gasteiger partial charge in [0.2, 0.25) is 0 Å². The fourth-order valence-electron chi connectivity index (χ4n) is 0.616. The van der Waals surface area contributed by atoms with Crippen molar-refractivity contribution in [3.8, 4) is 0 Å². The van der Waals surface area contributed by atoms with Gasteiger partial charge in [-0.1, -0.05) is 0 Å². The number of nitrogens with one attached hydrogen (secondary N) is 2. The normalized spacial score (nSPS) is 12.3. The van der Waals surface area contributed by atoms with Crippen molar-refractivity contribution < 1.29 is 12.6 Å². The number of hydrogen-bond donors (Lipinski definition) is 2. The molecule has 3 nitrogen and oxygen atoms in total. The molecule has 0 bridgehead atoms. The highest BCUT2D eigenvalue weighted by Crippen LogP contribution is 2.47. The Labute approximate surface area is 72.8 Å². The van der Waals surface area contributed by atoms with Gasteiger partial charge in [-0.25, -0.2) is 4.79 Å². The minimum atomic E-state index is -3.40. The van der Waals surface area contributed by atoms with Gasteiger partial charge in [0.25, 0.3) is 0 Å². The van der Waals surface area contributed by atoms with Crippen molar-refractivity contribution in [2.75, 3.05) is 25.6 Å². The summed E-state index contributed by atoms with van der Waals surface area (Å²) in [6.07, 6.45) is 1.28. The van der Waals surface area contributed by atoms with Crippen LogP contribution in [0, 0.1) is 0 Å². The van der Waals surface area contributed by atoms with Gasteiger partial charge in [-0.05, 0) is 6.42 Å². The first-order valence-electron chi connectivity index (χ1n) is 3.56. The highest BCUT2D eigenvalue weighted by atomic mass is 32.3. The van der Waals surface area contributed by atoms with E-state index in [1.54, 1.807) is 0 Å². The predicted octanol–water partition coefficient (Wildman–Crippen LogP) is 1.51. The van der Waals surface area contributed by atoms with E-state index in [2.05, 4.69) is 10.6 Å². The molecular weight excluding hydrogens is 186 g/mol. The monoisotopic (exact) mass is 200 g/mol. The maximum Gasteiger partial charge on any atom is 0.314 e. The molecule has 0 aliphatic heterocycles. The standard InChI is InChI=1S/C6H14F2N2OS/c1-9-6(11)10-4-3-5-12(2,7)8/h3-5H2,1-2H3,(H2,9,10,11). The van der Waals surface area contributed by atoms with Crippen molar-refractivity contribution >= 4 is 16.8 Å². The van der Waals surface area contributed by atoms with Crippen LogP contribution in [-0.4, -0.2) is 31.6 Å². The molecular formula is C6H14F2N2OS. The Morgan fingerprint density at radius 1 is 1.50 bits per heavy atom. The van der Waals surface area contributed by atoms with E-state index in [0.717, 1.165) is 6.26 Å². The highest BCUT2D eigenvalue weighted by Gasteiger charge is 2.13. The number of carbonyl (C=O) groups is 1. The van der Waals surface area contributed by atoms with Crippen LogP contribution in [0.5, 0.6) is 0 Å². The molecule has 74 valence electrons. The van der Waals surface area contributed by atoms with Gasteiger partial charge in [0, 0.05) is 25.6 Å². The predicted molar refractivity (Wildman–Crippen MR) is 47.7 cm³/mol. The van der Waals surface area contributed by atoms with Gasteiger partial charge in [-0.3, -0.25) is 0 Å². The first-order chi connectivity index (χ1) is 5.45. The summed E-state index contributed by atoms with van der Waals surface area (Å²) in [4.78, 5) is 10.5. The second-order valence-corrected chi connectivity index (χ2v) is 4.59. The lowest BCUT2D eigenvalue weighted by Crippen LogP contribution is -2.33. The van der Waals surface area contributed by atoms with Gasteiger partial charge in [0.1, 0.15) is 0 Å².